The van der Waals surface area contributed by atoms with E-state index in [1.54, 1.807) is 6.92 Å². The minimum Gasteiger partial charge on any atom is -0.463 e. The van der Waals surface area contributed by atoms with Gasteiger partial charge in [0.15, 0.2) is 6.10 Å². The molecule has 0 heterocycles. The van der Waals surface area contributed by atoms with E-state index in [2.05, 4.69) is 0 Å². The highest BCUT2D eigenvalue weighted by atomic mass is 16.6. The molecule has 0 amide bonds. The molecule has 4 heteroatoms. The van der Waals surface area contributed by atoms with Crippen molar-refractivity contribution in [2.24, 2.45) is 0 Å². The van der Waals surface area contributed by atoms with Gasteiger partial charge in [0.1, 0.15) is 0 Å². The Bertz CT molecular complexity index is 176. The van der Waals surface area contributed by atoms with Gasteiger partial charge in [0.25, 0.3) is 0 Å². The second-order valence-corrected chi connectivity index (χ2v) is 2.67. The molecule has 0 fully saturated rings. The molecule has 0 saturated heterocycles. The van der Waals surface area contributed by atoms with Gasteiger partial charge in [-0.05, 0) is 12.8 Å². The Balaban J connectivity index is 3.92. The van der Waals surface area contributed by atoms with Gasteiger partial charge in [-0.25, -0.2) is 4.79 Å². The zero-order valence-corrected chi connectivity index (χ0v) is 8.33. The van der Waals surface area contributed by atoms with Crippen LogP contribution in [0.1, 0.15) is 33.6 Å². The number of rotatable bonds is 5. The highest BCUT2D eigenvalue weighted by molar-refractivity contribution is 5.78. The van der Waals surface area contributed by atoms with Crippen LogP contribution < -0.4 is 0 Å². The molecule has 13 heavy (non-hydrogen) atoms. The van der Waals surface area contributed by atoms with Gasteiger partial charge < -0.3 is 9.47 Å². The average molecular weight is 188 g/mol. The summed E-state index contributed by atoms with van der Waals surface area (Å²) < 4.78 is 9.57. The third-order valence-corrected chi connectivity index (χ3v) is 1.39. The predicted molar refractivity (Wildman–Crippen MR) is 47.1 cm³/mol. The van der Waals surface area contributed by atoms with E-state index in [9.17, 15) is 9.59 Å². The summed E-state index contributed by atoms with van der Waals surface area (Å²) in [6.45, 7) is 5.31. The van der Waals surface area contributed by atoms with Crippen LogP contribution in [0.5, 0.6) is 0 Å². The van der Waals surface area contributed by atoms with Crippen molar-refractivity contribution in [2.45, 2.75) is 39.7 Å². The SMILES string of the molecule is CCCOC(=O)C(CC)OC(C)=O. The molecule has 0 rings (SSSR count). The van der Waals surface area contributed by atoms with Gasteiger partial charge in [-0.15, -0.1) is 0 Å². The molecule has 1 unspecified atom stereocenters. The van der Waals surface area contributed by atoms with E-state index in [0.29, 0.717) is 13.0 Å². The average Bonchev–Trinajstić information content (AvgIpc) is 2.09. The molecule has 0 saturated carbocycles. The van der Waals surface area contributed by atoms with Crippen LogP contribution in [-0.2, 0) is 19.1 Å². The molecule has 0 aliphatic rings. The summed E-state index contributed by atoms with van der Waals surface area (Å²) in [4.78, 5) is 21.7. The van der Waals surface area contributed by atoms with Crippen LogP contribution >= 0.6 is 0 Å². The molecule has 0 aliphatic carbocycles. The maximum atomic E-state index is 11.2. The van der Waals surface area contributed by atoms with Gasteiger partial charge in [0, 0.05) is 6.92 Å². The third-order valence-electron chi connectivity index (χ3n) is 1.39. The fourth-order valence-corrected chi connectivity index (χ4v) is 0.794. The van der Waals surface area contributed by atoms with Crippen LogP contribution in [0.4, 0.5) is 0 Å². The lowest BCUT2D eigenvalue weighted by atomic mass is 10.3. The number of ether oxygens (including phenoxy) is 2. The first-order valence-electron chi connectivity index (χ1n) is 4.45. The van der Waals surface area contributed by atoms with Crippen LogP contribution in [-0.4, -0.2) is 24.6 Å². The second kappa shape index (κ2) is 6.46. The van der Waals surface area contributed by atoms with Crippen LogP contribution in [0.3, 0.4) is 0 Å². The Morgan fingerprint density at radius 2 is 1.92 bits per heavy atom. The predicted octanol–water partition coefficient (Wildman–Crippen LogP) is 1.28. The first-order valence-corrected chi connectivity index (χ1v) is 4.45. The highest BCUT2D eigenvalue weighted by Crippen LogP contribution is 2.01. The van der Waals surface area contributed by atoms with E-state index in [1.807, 2.05) is 6.92 Å². The van der Waals surface area contributed by atoms with E-state index in [0.717, 1.165) is 6.42 Å². The molecular weight excluding hydrogens is 172 g/mol. The molecule has 1 atom stereocenters. The summed E-state index contributed by atoms with van der Waals surface area (Å²) in [6.07, 6.45) is 0.466. The minimum absolute atomic E-state index is 0.372. The Morgan fingerprint density at radius 3 is 2.31 bits per heavy atom. The summed E-state index contributed by atoms with van der Waals surface area (Å²) in [6, 6.07) is 0. The van der Waals surface area contributed by atoms with Gasteiger partial charge in [-0.1, -0.05) is 13.8 Å². The lowest BCUT2D eigenvalue weighted by Crippen LogP contribution is -2.27. The zero-order chi connectivity index (χ0) is 10.3. The van der Waals surface area contributed by atoms with E-state index in [4.69, 9.17) is 9.47 Å². The molecule has 0 aromatic rings. The lowest BCUT2D eigenvalue weighted by Gasteiger charge is -2.13. The van der Waals surface area contributed by atoms with Crippen LogP contribution in [0, 0.1) is 0 Å². The summed E-state index contributed by atoms with van der Waals surface area (Å²) >= 11 is 0. The van der Waals surface area contributed by atoms with E-state index < -0.39 is 18.0 Å². The first-order chi connectivity index (χ1) is 6.11. The van der Waals surface area contributed by atoms with Crippen LogP contribution in [0.2, 0.25) is 0 Å². The van der Waals surface area contributed by atoms with Crippen molar-refractivity contribution in [1.82, 2.24) is 0 Å². The molecule has 4 nitrogen and oxygen atoms in total. The smallest absolute Gasteiger partial charge is 0.347 e. The summed E-state index contributed by atoms with van der Waals surface area (Å²) in [5.41, 5.74) is 0. The molecule has 0 radical (unpaired) electrons. The largest absolute Gasteiger partial charge is 0.463 e. The third kappa shape index (κ3) is 5.22. The van der Waals surface area contributed by atoms with Crippen molar-refractivity contribution in [3.8, 4) is 0 Å². The Labute approximate surface area is 78.2 Å². The van der Waals surface area contributed by atoms with Crippen LogP contribution in [0.15, 0.2) is 0 Å². The van der Waals surface area contributed by atoms with Gasteiger partial charge in [-0.2, -0.15) is 0 Å². The number of hydrogen-bond donors (Lipinski definition) is 0. The molecule has 0 bridgehead atoms. The normalized spacial score (nSPS) is 11.9. The molecule has 76 valence electrons. The van der Waals surface area contributed by atoms with Gasteiger partial charge >= 0.3 is 11.9 Å². The van der Waals surface area contributed by atoms with Crippen molar-refractivity contribution >= 4 is 11.9 Å². The Kier molecular flexibility index (Phi) is 5.93. The minimum atomic E-state index is -0.746. The lowest BCUT2D eigenvalue weighted by molar-refractivity contribution is -0.166. The number of esters is 2. The maximum Gasteiger partial charge on any atom is 0.347 e. The quantitative estimate of drug-likeness (QED) is 0.610. The summed E-state index contributed by atoms with van der Waals surface area (Å²) in [7, 11) is 0. The van der Waals surface area contributed by atoms with Gasteiger partial charge in [0.05, 0.1) is 6.61 Å². The monoisotopic (exact) mass is 188 g/mol. The van der Waals surface area contributed by atoms with Crippen LogP contribution in [0.25, 0.3) is 0 Å². The second-order valence-electron chi connectivity index (χ2n) is 2.67. The number of hydrogen-bond acceptors (Lipinski definition) is 4. The highest BCUT2D eigenvalue weighted by Gasteiger charge is 2.20. The van der Waals surface area contributed by atoms with E-state index in [-0.39, 0.29) is 0 Å². The summed E-state index contributed by atoms with van der Waals surface area (Å²) in [5.74, 6) is -0.917. The molecular formula is C9H16O4. The maximum absolute atomic E-state index is 11.2. The molecule has 0 N–H and O–H groups in total. The molecule has 0 aliphatic heterocycles. The van der Waals surface area contributed by atoms with Gasteiger partial charge in [0.2, 0.25) is 0 Å². The van der Waals surface area contributed by atoms with Crippen molar-refractivity contribution in [1.29, 1.82) is 0 Å². The Morgan fingerprint density at radius 1 is 1.31 bits per heavy atom. The number of carbonyl (C=O) groups is 2. The topological polar surface area (TPSA) is 52.6 Å². The molecule has 0 aromatic heterocycles. The standard InChI is InChI=1S/C9H16O4/c1-4-6-12-9(11)8(5-2)13-7(3)10/h8H,4-6H2,1-3H3. The molecule has 0 aromatic carbocycles. The number of carbonyl (C=O) groups excluding carboxylic acids is 2. The molecule has 0 spiro atoms. The van der Waals surface area contributed by atoms with Crippen molar-refractivity contribution < 1.29 is 19.1 Å². The van der Waals surface area contributed by atoms with Crippen molar-refractivity contribution in [2.75, 3.05) is 6.61 Å². The fraction of sp³-hybridized carbons (Fsp3) is 0.778. The van der Waals surface area contributed by atoms with Crippen molar-refractivity contribution in [3.05, 3.63) is 0 Å². The fourth-order valence-electron chi connectivity index (χ4n) is 0.794. The zero-order valence-electron chi connectivity index (χ0n) is 8.33. The summed E-state index contributed by atoms with van der Waals surface area (Å²) in [5, 5.41) is 0. The van der Waals surface area contributed by atoms with Crippen molar-refractivity contribution in [3.63, 3.8) is 0 Å². The van der Waals surface area contributed by atoms with E-state index >= 15 is 0 Å². The Hall–Kier alpha value is -1.06. The first kappa shape index (κ1) is 11.9. The van der Waals surface area contributed by atoms with Gasteiger partial charge in [-0.3, -0.25) is 4.79 Å². The van der Waals surface area contributed by atoms with E-state index in [1.165, 1.54) is 6.92 Å².